The monoisotopic (exact) mass is 320 g/mol. The molecule has 0 fully saturated rings. The van der Waals surface area contributed by atoms with Gasteiger partial charge >= 0.3 is 0 Å². The second-order valence-electron chi connectivity index (χ2n) is 6.83. The summed E-state index contributed by atoms with van der Waals surface area (Å²) in [5, 5.41) is 0. The molecule has 0 nitrogen and oxygen atoms in total. The summed E-state index contributed by atoms with van der Waals surface area (Å²) in [6.07, 6.45) is 12.4. The first kappa shape index (κ1) is 18.5. The summed E-state index contributed by atoms with van der Waals surface area (Å²) < 4.78 is 0. The number of unbranched alkanes of at least 4 members (excludes halogenated alkanes) is 1. The minimum absolute atomic E-state index is 0.575. The molecule has 0 N–H and O–H groups in total. The zero-order valence-corrected chi connectivity index (χ0v) is 15.3. The highest BCUT2D eigenvalue weighted by Gasteiger charge is 2.09. The third kappa shape index (κ3) is 6.74. The molecular formula is C24H32. The minimum atomic E-state index is 0.575. The van der Waals surface area contributed by atoms with E-state index in [1.807, 2.05) is 0 Å². The van der Waals surface area contributed by atoms with Gasteiger partial charge in [-0.25, -0.2) is 0 Å². The van der Waals surface area contributed by atoms with Gasteiger partial charge in [0.2, 0.25) is 0 Å². The Labute approximate surface area is 148 Å². The van der Waals surface area contributed by atoms with E-state index in [9.17, 15) is 0 Å². The molecule has 2 aromatic carbocycles. The summed E-state index contributed by atoms with van der Waals surface area (Å²) in [5.74, 6) is 1.31. The van der Waals surface area contributed by atoms with E-state index in [0.717, 1.165) is 18.8 Å². The van der Waals surface area contributed by atoms with Crippen molar-refractivity contribution in [1.29, 1.82) is 0 Å². The Hall–Kier alpha value is -1.82. The average molecular weight is 321 g/mol. The summed E-state index contributed by atoms with van der Waals surface area (Å²) in [6, 6.07) is 21.8. The van der Waals surface area contributed by atoms with E-state index < -0.39 is 0 Å². The lowest BCUT2D eigenvalue weighted by Gasteiger charge is -2.15. The summed E-state index contributed by atoms with van der Waals surface area (Å²) >= 11 is 0. The fourth-order valence-electron chi connectivity index (χ4n) is 3.26. The normalized spacial score (nSPS) is 12.8. The van der Waals surface area contributed by atoms with Gasteiger partial charge in [0, 0.05) is 0 Å². The smallest absolute Gasteiger partial charge is 0.0152 e. The fourth-order valence-corrected chi connectivity index (χ4v) is 3.26. The Balaban J connectivity index is 2.06. The third-order valence-electron chi connectivity index (χ3n) is 4.79. The number of rotatable bonds is 10. The van der Waals surface area contributed by atoms with Crippen LogP contribution in [0.1, 0.15) is 50.7 Å². The van der Waals surface area contributed by atoms with E-state index in [0.29, 0.717) is 5.92 Å². The first-order valence-electron chi connectivity index (χ1n) is 9.58. The molecule has 2 rings (SSSR count). The Bertz CT molecular complexity index is 526. The van der Waals surface area contributed by atoms with Gasteiger partial charge in [0.25, 0.3) is 0 Å². The van der Waals surface area contributed by atoms with Crippen LogP contribution in [0.4, 0.5) is 0 Å². The predicted octanol–water partition coefficient (Wildman–Crippen LogP) is 6.86. The third-order valence-corrected chi connectivity index (χ3v) is 4.79. The molecule has 0 aliphatic carbocycles. The van der Waals surface area contributed by atoms with Crippen molar-refractivity contribution in [2.75, 3.05) is 0 Å². The highest BCUT2D eigenvalue weighted by Crippen LogP contribution is 2.20. The summed E-state index contributed by atoms with van der Waals surface area (Å²) in [4.78, 5) is 0. The zero-order chi connectivity index (χ0) is 17.0. The predicted molar refractivity (Wildman–Crippen MR) is 106 cm³/mol. The molecule has 0 heterocycles. The Kier molecular flexibility index (Phi) is 8.38. The summed E-state index contributed by atoms with van der Waals surface area (Å²) in [5.41, 5.74) is 2.87. The molecule has 0 bridgehead atoms. The lowest BCUT2D eigenvalue weighted by atomic mass is 9.90. The van der Waals surface area contributed by atoms with Crippen LogP contribution in [0, 0.1) is 11.8 Å². The quantitative estimate of drug-likeness (QED) is 0.419. The van der Waals surface area contributed by atoms with Crippen molar-refractivity contribution in [3.63, 3.8) is 0 Å². The second kappa shape index (κ2) is 10.9. The molecule has 0 aliphatic heterocycles. The Morgan fingerprint density at radius 2 is 1.21 bits per heavy atom. The maximum absolute atomic E-state index is 2.49. The van der Waals surface area contributed by atoms with Crippen molar-refractivity contribution in [1.82, 2.24) is 0 Å². The molecule has 1 unspecified atom stereocenters. The first-order valence-corrected chi connectivity index (χ1v) is 9.58. The van der Waals surface area contributed by atoms with Crippen LogP contribution < -0.4 is 0 Å². The van der Waals surface area contributed by atoms with Crippen molar-refractivity contribution >= 4 is 0 Å². The molecule has 0 saturated heterocycles. The largest absolute Gasteiger partial charge is 0.0851 e. The van der Waals surface area contributed by atoms with Crippen LogP contribution in [0.15, 0.2) is 72.8 Å². The fraction of sp³-hybridized carbons (Fsp3) is 0.417. The number of benzene rings is 2. The molecule has 1 atom stereocenters. The van der Waals surface area contributed by atoms with Gasteiger partial charge in [-0.3, -0.25) is 0 Å². The highest BCUT2D eigenvalue weighted by molar-refractivity contribution is 5.20. The first-order chi connectivity index (χ1) is 11.8. The highest BCUT2D eigenvalue weighted by atomic mass is 14.1. The lowest BCUT2D eigenvalue weighted by Crippen LogP contribution is -2.07. The van der Waals surface area contributed by atoms with Crippen LogP contribution >= 0.6 is 0 Å². The van der Waals surface area contributed by atoms with Crippen LogP contribution in [-0.2, 0) is 12.8 Å². The van der Waals surface area contributed by atoms with E-state index in [1.165, 1.54) is 36.8 Å². The number of hydrogen-bond donors (Lipinski definition) is 0. The molecule has 2 aromatic rings. The molecule has 24 heavy (non-hydrogen) atoms. The molecular weight excluding hydrogens is 288 g/mol. The second-order valence-corrected chi connectivity index (χ2v) is 6.83. The van der Waals surface area contributed by atoms with Crippen molar-refractivity contribution in [2.45, 2.75) is 52.4 Å². The van der Waals surface area contributed by atoms with Gasteiger partial charge in [0.05, 0.1) is 0 Å². The topological polar surface area (TPSA) is 0 Å². The van der Waals surface area contributed by atoms with Crippen molar-refractivity contribution in [3.8, 4) is 0 Å². The van der Waals surface area contributed by atoms with E-state index in [-0.39, 0.29) is 0 Å². The molecule has 0 amide bonds. The maximum Gasteiger partial charge on any atom is -0.0152 e. The standard InChI is InChI=1S/C24H32/c1-3-5-12-21(4-2)17-18-24(19-22-13-8-6-9-14-22)20-23-15-10-7-11-16-23/h6-11,13-18,21,24H,3-5,12,19-20H2,1-2H3/b18-17-. The summed E-state index contributed by atoms with van der Waals surface area (Å²) in [6.45, 7) is 4.60. The molecule has 0 spiro atoms. The van der Waals surface area contributed by atoms with E-state index in [4.69, 9.17) is 0 Å². The van der Waals surface area contributed by atoms with Gasteiger partial charge < -0.3 is 0 Å². The minimum Gasteiger partial charge on any atom is -0.0851 e. The van der Waals surface area contributed by atoms with E-state index in [2.05, 4.69) is 86.7 Å². The van der Waals surface area contributed by atoms with E-state index >= 15 is 0 Å². The molecule has 0 aliphatic rings. The van der Waals surface area contributed by atoms with Crippen LogP contribution in [0.2, 0.25) is 0 Å². The Morgan fingerprint density at radius 3 is 1.67 bits per heavy atom. The number of allylic oxidation sites excluding steroid dienone is 2. The maximum atomic E-state index is 2.49. The van der Waals surface area contributed by atoms with Gasteiger partial charge in [-0.1, -0.05) is 99.5 Å². The lowest BCUT2D eigenvalue weighted by molar-refractivity contribution is 0.532. The van der Waals surface area contributed by atoms with Crippen LogP contribution in [0.5, 0.6) is 0 Å². The SMILES string of the molecule is CCCCC(/C=C\C(Cc1ccccc1)Cc1ccccc1)CC. The van der Waals surface area contributed by atoms with Crippen molar-refractivity contribution in [2.24, 2.45) is 11.8 Å². The molecule has 0 aromatic heterocycles. The van der Waals surface area contributed by atoms with Crippen LogP contribution in [0.3, 0.4) is 0 Å². The molecule has 0 radical (unpaired) electrons. The molecule has 0 heteroatoms. The Morgan fingerprint density at radius 1 is 0.708 bits per heavy atom. The van der Waals surface area contributed by atoms with Crippen molar-refractivity contribution in [3.05, 3.63) is 83.9 Å². The average Bonchev–Trinajstić information content (AvgIpc) is 2.63. The van der Waals surface area contributed by atoms with Crippen LogP contribution in [-0.4, -0.2) is 0 Å². The van der Waals surface area contributed by atoms with Crippen LogP contribution in [0.25, 0.3) is 0 Å². The molecule has 128 valence electrons. The molecule has 0 saturated carbocycles. The zero-order valence-electron chi connectivity index (χ0n) is 15.3. The van der Waals surface area contributed by atoms with Gasteiger partial charge in [-0.15, -0.1) is 0 Å². The van der Waals surface area contributed by atoms with Crippen molar-refractivity contribution < 1.29 is 0 Å². The van der Waals surface area contributed by atoms with Gasteiger partial charge in [-0.2, -0.15) is 0 Å². The summed E-state index contributed by atoms with van der Waals surface area (Å²) in [7, 11) is 0. The van der Waals surface area contributed by atoms with Gasteiger partial charge in [0.1, 0.15) is 0 Å². The van der Waals surface area contributed by atoms with E-state index in [1.54, 1.807) is 0 Å². The van der Waals surface area contributed by atoms with Gasteiger partial charge in [-0.05, 0) is 48.6 Å². The number of hydrogen-bond acceptors (Lipinski definition) is 0. The van der Waals surface area contributed by atoms with Gasteiger partial charge in [0.15, 0.2) is 0 Å².